The van der Waals surface area contributed by atoms with E-state index in [-0.39, 0.29) is 48.9 Å². The number of urea groups is 1. The van der Waals surface area contributed by atoms with Gasteiger partial charge in [0.2, 0.25) is 0 Å². The zero-order valence-electron chi connectivity index (χ0n) is 47.8. The highest BCUT2D eigenvalue weighted by molar-refractivity contribution is 7.12. The number of benzene rings is 2. The molecule has 4 aromatic heterocycles. The number of hydrogen-bond donors (Lipinski definition) is 6. The number of nitrogens with two attached hydrogens (primary N) is 1. The Morgan fingerprint density at radius 3 is 1.72 bits per heavy atom. The van der Waals surface area contributed by atoms with Gasteiger partial charge in [0, 0.05) is 37.4 Å². The van der Waals surface area contributed by atoms with Crippen LogP contribution in [0.1, 0.15) is 120 Å². The molecule has 6 heterocycles. The zero-order chi connectivity index (χ0) is 58.6. The van der Waals surface area contributed by atoms with Crippen molar-refractivity contribution in [3.8, 4) is 0 Å². The molecule has 0 unspecified atom stereocenters. The summed E-state index contributed by atoms with van der Waals surface area (Å²) in [5.41, 5.74) is 9.49. The summed E-state index contributed by atoms with van der Waals surface area (Å²) in [5.74, 6) is 0.0758. The highest BCUT2D eigenvalue weighted by Gasteiger charge is 2.46. The molecular formula is C56H80ClN13O7S2. The van der Waals surface area contributed by atoms with Gasteiger partial charge in [-0.3, -0.25) is 19.5 Å². The maximum atomic E-state index is 13.4. The number of rotatable bonds is 15. The van der Waals surface area contributed by atoms with Crippen LogP contribution < -0.4 is 21.7 Å². The largest absolute Gasteiger partial charge is 0.448 e. The maximum absolute atomic E-state index is 13.4. The van der Waals surface area contributed by atoms with Crippen molar-refractivity contribution < 1.29 is 33.8 Å². The number of aliphatic hydroxyl groups is 1. The highest BCUT2D eigenvalue weighted by atomic mass is 35.5. The fourth-order valence-electron chi connectivity index (χ4n) is 8.78. The standard InChI is InChI=1S/C23H28N6O2S.C16H17ClN4O4S.C10H16N2.C6H15N.CH4O/c1-23(2)19-16(20(27-26-19)25-21(30)18-11-8-12-32-18)13-29(23)22(31)24-17(14-28(3)4)15-9-6-5-7-10-15;1-4-25-15(24)21-12(18-13(22)10-6-5-7-26-10)9-8-20(14(17)23)16(2,3)11(9)19-21;1-12(2)8-10(11)9-6-4-3-5-7-9;1-4-7(5-2)6-3;1-2/h5-12,17H,13-14H2,1-4H3,(H,24,31)(H2,25,26,27,30);5-7H,4,8H2,1-3H3,(H,18,22);3-7,10H,8,11H2,1-2H3;4-6H2,1-3H3;2H,1H3/t17-;;10-;;/m1.1../s1. The monoisotopic (exact) mass is 1150 g/mol. The van der Waals surface area contributed by atoms with Gasteiger partial charge in [-0.2, -0.15) is 10.2 Å². The molecule has 2 aliphatic heterocycles. The lowest BCUT2D eigenvalue weighted by Crippen LogP contribution is -2.48. The van der Waals surface area contributed by atoms with E-state index < -0.39 is 22.5 Å². The van der Waals surface area contributed by atoms with Gasteiger partial charge in [0.1, 0.15) is 5.82 Å². The number of nitrogens with zero attached hydrogens (tertiary/aromatic N) is 8. The van der Waals surface area contributed by atoms with E-state index in [1.54, 1.807) is 49.3 Å². The minimum atomic E-state index is -0.825. The number of halogens is 1. The normalized spacial score (nSPS) is 14.2. The number of H-pyrrole nitrogens is 1. The fourth-order valence-corrected chi connectivity index (χ4v) is 10.3. The van der Waals surface area contributed by atoms with Crippen molar-refractivity contribution >= 4 is 75.2 Å². The highest BCUT2D eigenvalue weighted by Crippen LogP contribution is 2.43. The number of carbonyl (C=O) groups is 5. The van der Waals surface area contributed by atoms with E-state index in [4.69, 9.17) is 27.2 Å². The Balaban J connectivity index is 0.000000254. The number of aromatic amines is 1. The first-order valence-electron chi connectivity index (χ1n) is 26.0. The minimum Gasteiger partial charge on any atom is -0.448 e. The Kier molecular flexibility index (Phi) is 25.3. The Bertz CT molecular complexity index is 2830. The van der Waals surface area contributed by atoms with Gasteiger partial charge in [-0.15, -0.1) is 27.4 Å². The summed E-state index contributed by atoms with van der Waals surface area (Å²) in [7, 11) is 9.04. The van der Waals surface area contributed by atoms with Crippen LogP contribution in [-0.4, -0.2) is 154 Å². The summed E-state index contributed by atoms with van der Waals surface area (Å²) >= 11 is 8.33. The topological polar surface area (TPSA) is 240 Å². The van der Waals surface area contributed by atoms with E-state index in [1.807, 2.05) is 102 Å². The van der Waals surface area contributed by atoms with Crippen molar-refractivity contribution in [2.75, 3.05) is 85.3 Å². The second-order valence-corrected chi connectivity index (χ2v) is 21.9. The molecule has 8 rings (SSSR count). The van der Waals surface area contributed by atoms with Gasteiger partial charge in [-0.1, -0.05) is 93.6 Å². The molecule has 0 saturated carbocycles. The van der Waals surface area contributed by atoms with E-state index in [1.165, 1.54) is 52.8 Å². The molecule has 6 aromatic rings. The van der Waals surface area contributed by atoms with Crippen LogP contribution >= 0.6 is 34.3 Å². The predicted octanol–water partition coefficient (Wildman–Crippen LogP) is 9.60. The van der Waals surface area contributed by atoms with E-state index in [2.05, 4.69) is 78.9 Å². The number of likely N-dealkylation sites (N-methyl/N-ethyl adjacent to an activating group) is 2. The molecule has 0 bridgehead atoms. The number of aromatic nitrogens is 4. The SMILES string of the molecule is CCN(CC)CC.CCOC(=O)n1nc2c(c1NC(=O)c1cccs1)CN(C(=O)Cl)C2(C)C.CN(C)C[C@@H](N)c1ccccc1.CN(C)C[C@@H](NC(=O)N1Cc2c(NC(=O)c3cccs3)n[nH]c2C1(C)C)c1ccccc1.CO. The number of amides is 5. The minimum absolute atomic E-state index is 0.126. The Morgan fingerprint density at radius 2 is 1.25 bits per heavy atom. The van der Waals surface area contributed by atoms with E-state index in [0.29, 0.717) is 39.9 Å². The third-order valence-corrected chi connectivity index (χ3v) is 15.0. The summed E-state index contributed by atoms with van der Waals surface area (Å²) in [4.78, 5) is 73.2. The van der Waals surface area contributed by atoms with Crippen LogP contribution in [0.4, 0.5) is 26.0 Å². The molecule has 79 heavy (non-hydrogen) atoms. The second kappa shape index (κ2) is 30.8. The summed E-state index contributed by atoms with van der Waals surface area (Å²) in [6, 6.07) is 27.0. The third-order valence-electron chi connectivity index (χ3n) is 13.1. The number of hydrogen-bond acceptors (Lipinski definition) is 15. The van der Waals surface area contributed by atoms with Gasteiger partial charge in [-0.25, -0.2) is 9.59 Å². The summed E-state index contributed by atoms with van der Waals surface area (Å²) < 4.78 is 6.05. The molecule has 430 valence electrons. The Hall–Kier alpha value is -6.50. The molecule has 2 aromatic carbocycles. The van der Waals surface area contributed by atoms with Crippen molar-refractivity contribution in [1.29, 1.82) is 0 Å². The number of anilines is 2. The first-order chi connectivity index (χ1) is 37.6. The van der Waals surface area contributed by atoms with E-state index in [0.717, 1.165) is 35.2 Å². The van der Waals surface area contributed by atoms with Crippen LogP contribution in [-0.2, 0) is 28.9 Å². The number of thiophene rings is 2. The predicted molar refractivity (Wildman–Crippen MR) is 316 cm³/mol. The molecule has 0 spiro atoms. The van der Waals surface area contributed by atoms with Crippen molar-refractivity contribution in [3.05, 3.63) is 139 Å². The van der Waals surface area contributed by atoms with Gasteiger partial charge in [0.25, 0.3) is 11.8 Å². The van der Waals surface area contributed by atoms with Crippen molar-refractivity contribution in [1.82, 2.24) is 49.8 Å². The zero-order valence-corrected chi connectivity index (χ0v) is 50.2. The number of aliphatic hydroxyl groups excluding tert-OH is 1. The summed E-state index contributed by atoms with van der Waals surface area (Å²) in [6.07, 6.45) is -0.706. The average molecular weight is 1150 g/mol. The molecule has 7 N–H and O–H groups in total. The van der Waals surface area contributed by atoms with Crippen LogP contribution in [0.25, 0.3) is 0 Å². The van der Waals surface area contributed by atoms with Crippen LogP contribution in [0.3, 0.4) is 0 Å². The molecule has 2 atom stereocenters. The van der Waals surface area contributed by atoms with Crippen LogP contribution in [0.2, 0.25) is 0 Å². The quantitative estimate of drug-likeness (QED) is 0.0415. The lowest BCUT2D eigenvalue weighted by molar-refractivity contribution is 0.102. The average Bonchev–Trinajstić information content (AvgIpc) is 4.39. The molecule has 0 aliphatic carbocycles. The van der Waals surface area contributed by atoms with Crippen molar-refractivity contribution in [2.45, 2.75) is 91.6 Å². The lowest BCUT2D eigenvalue weighted by atomic mass is 10.0. The van der Waals surface area contributed by atoms with Gasteiger partial charge in [0.05, 0.1) is 58.0 Å². The fraction of sp³-hybridized carbons (Fsp3) is 0.446. The van der Waals surface area contributed by atoms with Gasteiger partial charge in [0.15, 0.2) is 5.82 Å². The van der Waals surface area contributed by atoms with Crippen LogP contribution in [0.5, 0.6) is 0 Å². The van der Waals surface area contributed by atoms with Gasteiger partial charge >= 0.3 is 17.5 Å². The first-order valence-corrected chi connectivity index (χ1v) is 28.2. The maximum Gasteiger partial charge on any atom is 0.436 e. The van der Waals surface area contributed by atoms with Crippen molar-refractivity contribution in [3.63, 3.8) is 0 Å². The lowest BCUT2D eigenvalue weighted by Gasteiger charge is -2.34. The Labute approximate surface area is 478 Å². The summed E-state index contributed by atoms with van der Waals surface area (Å²) in [6.45, 7) is 21.5. The van der Waals surface area contributed by atoms with E-state index in [9.17, 15) is 24.0 Å². The molecule has 0 saturated heterocycles. The Morgan fingerprint density at radius 1 is 0.734 bits per heavy atom. The molecule has 0 fully saturated rings. The molecule has 20 nitrogen and oxygen atoms in total. The molecule has 5 amide bonds. The van der Waals surface area contributed by atoms with Gasteiger partial charge in [-0.05, 0) is 128 Å². The number of carbonyl (C=O) groups excluding carboxylic acids is 5. The first kappa shape index (κ1) is 65.0. The number of ether oxygens (including phenoxy) is 1. The van der Waals surface area contributed by atoms with Gasteiger partial charge < -0.3 is 56.0 Å². The van der Waals surface area contributed by atoms with E-state index >= 15 is 0 Å². The molecule has 0 radical (unpaired) electrons. The number of nitrogens with one attached hydrogen (secondary N) is 4. The molecule has 2 aliphatic rings. The molecule has 23 heteroatoms. The second-order valence-electron chi connectivity index (χ2n) is 19.7. The number of fused-ring (bicyclic) bond motifs is 2. The van der Waals surface area contributed by atoms with Crippen LogP contribution in [0, 0.1) is 0 Å². The third kappa shape index (κ3) is 17.2. The van der Waals surface area contributed by atoms with Crippen LogP contribution in [0.15, 0.2) is 95.7 Å². The van der Waals surface area contributed by atoms with Crippen molar-refractivity contribution in [2.24, 2.45) is 5.73 Å². The summed E-state index contributed by atoms with van der Waals surface area (Å²) in [5, 5.41) is 30.4. The smallest absolute Gasteiger partial charge is 0.436 e. The molecular weight excluding hydrogens is 1070 g/mol.